The molecule has 1 aromatic carbocycles. The first-order chi connectivity index (χ1) is 17.0. The van der Waals surface area contributed by atoms with Crippen LogP contribution in [0.2, 0.25) is 0 Å². The monoisotopic (exact) mass is 517 g/mol. The number of carbonyl (C=O) groups excluding carboxylic acids is 4. The maximum Gasteiger partial charge on any atom is 0.407 e. The zero-order chi connectivity index (χ0) is 28.4. The number of ether oxygens (including phenoxy) is 4. The molecule has 1 aromatic rings. The lowest BCUT2D eigenvalue weighted by atomic mass is 9.83. The van der Waals surface area contributed by atoms with Gasteiger partial charge < -0.3 is 24.3 Å². The summed E-state index contributed by atoms with van der Waals surface area (Å²) in [5.74, 6) is -3.25. The van der Waals surface area contributed by atoms with E-state index in [0.29, 0.717) is 0 Å². The van der Waals surface area contributed by atoms with Crippen molar-refractivity contribution in [2.45, 2.75) is 59.4 Å². The maximum atomic E-state index is 12.5. The molecule has 0 radical (unpaired) electrons. The van der Waals surface area contributed by atoms with E-state index in [1.807, 2.05) is 38.1 Å². The van der Waals surface area contributed by atoms with E-state index in [0.717, 1.165) is 11.1 Å². The Kier molecular flexibility index (Phi) is 11.6. The highest BCUT2D eigenvalue weighted by Crippen LogP contribution is 2.27. The third-order valence-electron chi connectivity index (χ3n) is 5.29. The zero-order valence-corrected chi connectivity index (χ0v) is 22.9. The first kappa shape index (κ1) is 31.4. The van der Waals surface area contributed by atoms with Gasteiger partial charge in [0.1, 0.15) is 32.3 Å². The Labute approximate surface area is 219 Å². The second-order valence-electron chi connectivity index (χ2n) is 10.3. The molecule has 0 unspecified atom stereocenters. The minimum Gasteiger partial charge on any atom is -0.462 e. The van der Waals surface area contributed by atoms with Gasteiger partial charge in [-0.05, 0) is 44.2 Å². The predicted molar refractivity (Wildman–Crippen MR) is 139 cm³/mol. The van der Waals surface area contributed by atoms with E-state index in [2.05, 4.69) is 39.2 Å². The lowest BCUT2D eigenvalue weighted by molar-refractivity contribution is -0.159. The molecule has 0 aliphatic rings. The molecular weight excluding hydrogens is 478 g/mol. The van der Waals surface area contributed by atoms with Crippen molar-refractivity contribution in [3.63, 3.8) is 0 Å². The fourth-order valence-corrected chi connectivity index (χ4v) is 2.92. The SMILES string of the molecule is C=C(C)C(=O)OCC(COC(=O)C(=C)C)C(=O)OCCOC(=O)NC(C)(C)c1cccc(C(C)(C)C)c1. The summed E-state index contributed by atoms with van der Waals surface area (Å²) in [5, 5.41) is 2.82. The molecule has 0 aliphatic heterocycles. The van der Waals surface area contributed by atoms with E-state index < -0.39 is 35.5 Å². The summed E-state index contributed by atoms with van der Waals surface area (Å²) in [5.41, 5.74) is 1.61. The van der Waals surface area contributed by atoms with Gasteiger partial charge in [-0.25, -0.2) is 14.4 Å². The van der Waals surface area contributed by atoms with Gasteiger partial charge in [-0.1, -0.05) is 58.2 Å². The van der Waals surface area contributed by atoms with Gasteiger partial charge in [0.25, 0.3) is 0 Å². The van der Waals surface area contributed by atoms with Crippen molar-refractivity contribution < 1.29 is 38.1 Å². The number of esters is 3. The van der Waals surface area contributed by atoms with Crippen molar-refractivity contribution in [1.82, 2.24) is 5.32 Å². The topological polar surface area (TPSA) is 117 Å². The van der Waals surface area contributed by atoms with Gasteiger partial charge in [0.05, 0.1) is 5.54 Å². The average molecular weight is 518 g/mol. The van der Waals surface area contributed by atoms with Crippen LogP contribution in [0.1, 0.15) is 59.6 Å². The Morgan fingerprint density at radius 1 is 0.811 bits per heavy atom. The summed E-state index contributed by atoms with van der Waals surface area (Å²) in [4.78, 5) is 48.2. The number of benzene rings is 1. The molecule has 0 fully saturated rings. The van der Waals surface area contributed by atoms with E-state index in [1.165, 1.54) is 13.8 Å². The van der Waals surface area contributed by atoms with Crippen LogP contribution >= 0.6 is 0 Å². The van der Waals surface area contributed by atoms with E-state index in [9.17, 15) is 19.2 Å². The van der Waals surface area contributed by atoms with Crippen LogP contribution in [0.4, 0.5) is 4.79 Å². The highest BCUT2D eigenvalue weighted by molar-refractivity contribution is 5.88. The zero-order valence-electron chi connectivity index (χ0n) is 22.9. The normalized spacial score (nSPS) is 11.4. The molecule has 204 valence electrons. The van der Waals surface area contributed by atoms with Crippen molar-refractivity contribution >= 4 is 24.0 Å². The molecule has 0 saturated heterocycles. The molecule has 0 aliphatic carbocycles. The molecule has 0 spiro atoms. The van der Waals surface area contributed by atoms with Crippen LogP contribution in [-0.2, 0) is 44.3 Å². The molecule has 0 saturated carbocycles. The summed E-state index contributed by atoms with van der Waals surface area (Å²) < 4.78 is 20.3. The fraction of sp³-hybridized carbons (Fsp3) is 0.500. The van der Waals surface area contributed by atoms with E-state index in [-0.39, 0.29) is 43.0 Å². The lowest BCUT2D eigenvalue weighted by Crippen LogP contribution is -2.41. The second kappa shape index (κ2) is 13.6. The molecule has 1 N–H and O–H groups in total. The fourth-order valence-electron chi connectivity index (χ4n) is 2.92. The second-order valence-corrected chi connectivity index (χ2v) is 10.3. The summed E-state index contributed by atoms with van der Waals surface area (Å²) in [6.07, 6.45) is -0.676. The van der Waals surface area contributed by atoms with Crippen molar-refractivity contribution in [2.24, 2.45) is 5.92 Å². The van der Waals surface area contributed by atoms with E-state index in [1.54, 1.807) is 0 Å². The van der Waals surface area contributed by atoms with Gasteiger partial charge in [0.15, 0.2) is 0 Å². The third-order valence-corrected chi connectivity index (χ3v) is 5.29. The summed E-state index contributed by atoms with van der Waals surface area (Å²) in [6, 6.07) is 7.96. The van der Waals surface area contributed by atoms with Crippen molar-refractivity contribution in [2.75, 3.05) is 26.4 Å². The van der Waals surface area contributed by atoms with Crippen LogP contribution in [0.25, 0.3) is 0 Å². The number of rotatable bonds is 12. The molecule has 0 bridgehead atoms. The van der Waals surface area contributed by atoms with Crippen molar-refractivity contribution in [3.8, 4) is 0 Å². The Hall–Kier alpha value is -3.62. The van der Waals surface area contributed by atoms with Crippen LogP contribution in [0.5, 0.6) is 0 Å². The summed E-state index contributed by atoms with van der Waals surface area (Å²) in [6.45, 7) is 18.7. The Balaban J connectivity index is 2.63. The van der Waals surface area contributed by atoms with Crippen molar-refractivity contribution in [1.29, 1.82) is 0 Å². The number of amides is 1. The van der Waals surface area contributed by atoms with Gasteiger partial charge in [-0.2, -0.15) is 0 Å². The average Bonchev–Trinajstić information content (AvgIpc) is 2.80. The number of alkyl carbamates (subject to hydrolysis) is 1. The minimum atomic E-state index is -1.07. The van der Waals surface area contributed by atoms with Gasteiger partial charge in [0, 0.05) is 11.1 Å². The molecule has 9 nitrogen and oxygen atoms in total. The first-order valence-electron chi connectivity index (χ1n) is 11.9. The highest BCUT2D eigenvalue weighted by atomic mass is 16.6. The Morgan fingerprint density at radius 2 is 1.30 bits per heavy atom. The molecule has 1 rings (SSSR count). The standard InChI is InChI=1S/C28H39NO8/c1-18(2)23(30)36-16-20(17-37-24(31)19(3)4)25(32)34-13-14-35-26(33)29-28(8,9)22-12-10-11-21(15-22)27(5,6)7/h10-12,15,20H,1,3,13-14,16-17H2,2,4-9H3,(H,29,33). The quantitative estimate of drug-likeness (QED) is 0.188. The van der Waals surface area contributed by atoms with Crippen LogP contribution in [-0.4, -0.2) is 50.4 Å². The first-order valence-corrected chi connectivity index (χ1v) is 11.9. The Bertz CT molecular complexity index is 989. The molecule has 9 heteroatoms. The molecule has 1 amide bonds. The van der Waals surface area contributed by atoms with Crippen LogP contribution in [0, 0.1) is 5.92 Å². The van der Waals surface area contributed by atoms with E-state index in [4.69, 9.17) is 18.9 Å². The van der Waals surface area contributed by atoms with Gasteiger partial charge in [0.2, 0.25) is 0 Å². The number of hydrogen-bond acceptors (Lipinski definition) is 8. The molecular formula is C28H39NO8. The summed E-state index contributed by atoms with van der Waals surface area (Å²) in [7, 11) is 0. The molecule has 0 atom stereocenters. The van der Waals surface area contributed by atoms with Crippen LogP contribution in [0.15, 0.2) is 48.6 Å². The molecule has 0 heterocycles. The smallest absolute Gasteiger partial charge is 0.407 e. The number of carbonyl (C=O) groups is 4. The van der Waals surface area contributed by atoms with Crippen molar-refractivity contribution in [3.05, 3.63) is 59.7 Å². The maximum absolute atomic E-state index is 12.5. The van der Waals surface area contributed by atoms with Crippen LogP contribution in [0.3, 0.4) is 0 Å². The molecule has 37 heavy (non-hydrogen) atoms. The predicted octanol–water partition coefficient (Wildman–Crippen LogP) is 4.34. The van der Waals surface area contributed by atoms with Crippen LogP contribution < -0.4 is 5.32 Å². The molecule has 0 aromatic heterocycles. The van der Waals surface area contributed by atoms with E-state index >= 15 is 0 Å². The Morgan fingerprint density at radius 3 is 1.78 bits per heavy atom. The van der Waals surface area contributed by atoms with Gasteiger partial charge in [-0.3, -0.25) is 4.79 Å². The van der Waals surface area contributed by atoms with Gasteiger partial charge >= 0.3 is 24.0 Å². The minimum absolute atomic E-state index is 0.0416. The van der Waals surface area contributed by atoms with Gasteiger partial charge in [-0.15, -0.1) is 0 Å². The summed E-state index contributed by atoms with van der Waals surface area (Å²) >= 11 is 0. The number of nitrogens with one attached hydrogen (secondary N) is 1. The largest absolute Gasteiger partial charge is 0.462 e. The highest BCUT2D eigenvalue weighted by Gasteiger charge is 2.27. The number of hydrogen-bond donors (Lipinski definition) is 1. The lowest BCUT2D eigenvalue weighted by Gasteiger charge is -2.28. The third kappa shape index (κ3) is 10.9.